The molecule has 116 valence electrons. The van der Waals surface area contributed by atoms with Crippen molar-refractivity contribution in [3.8, 4) is 0 Å². The molecule has 0 aliphatic heterocycles. The Morgan fingerprint density at radius 2 is 1.95 bits per heavy atom. The van der Waals surface area contributed by atoms with Crippen LogP contribution in [0.2, 0.25) is 5.02 Å². The molecule has 2 atom stereocenters. The summed E-state index contributed by atoms with van der Waals surface area (Å²) in [6.45, 7) is -0.216. The Balaban J connectivity index is 1.73. The van der Waals surface area contributed by atoms with Gasteiger partial charge in [0, 0.05) is 17.1 Å². The average Bonchev–Trinajstić information content (AvgIpc) is 3.38. The number of aliphatic hydroxyl groups is 2. The first-order valence-corrected chi connectivity index (χ1v) is 7.69. The maximum Gasteiger partial charge on any atom is 0.133 e. The maximum absolute atomic E-state index is 10.4. The van der Waals surface area contributed by atoms with E-state index in [1.54, 1.807) is 36.5 Å². The van der Waals surface area contributed by atoms with E-state index >= 15 is 0 Å². The number of hydrogen-bond acceptors (Lipinski definition) is 5. The van der Waals surface area contributed by atoms with Crippen LogP contribution < -0.4 is 5.32 Å². The van der Waals surface area contributed by atoms with Crippen LogP contribution in [0.1, 0.15) is 36.3 Å². The molecule has 5 nitrogen and oxygen atoms in total. The minimum Gasteiger partial charge on any atom is -0.394 e. The lowest BCUT2D eigenvalue weighted by molar-refractivity contribution is 0.118. The Hall–Kier alpha value is -1.69. The summed E-state index contributed by atoms with van der Waals surface area (Å²) in [6, 6.07) is 8.10. The quantitative estimate of drug-likeness (QED) is 0.762. The van der Waals surface area contributed by atoms with Gasteiger partial charge in [0.25, 0.3) is 0 Å². The van der Waals surface area contributed by atoms with Gasteiger partial charge >= 0.3 is 0 Å². The Bertz CT molecular complexity index is 632. The highest BCUT2D eigenvalue weighted by molar-refractivity contribution is 6.30. The molecule has 1 aromatic carbocycles. The van der Waals surface area contributed by atoms with E-state index in [0.29, 0.717) is 22.3 Å². The largest absolute Gasteiger partial charge is 0.394 e. The molecule has 3 N–H and O–H groups in total. The highest BCUT2D eigenvalue weighted by Gasteiger charge is 2.27. The smallest absolute Gasteiger partial charge is 0.133 e. The Morgan fingerprint density at radius 3 is 2.59 bits per heavy atom. The van der Waals surface area contributed by atoms with Gasteiger partial charge in [-0.2, -0.15) is 0 Å². The van der Waals surface area contributed by atoms with Crippen LogP contribution in [0.3, 0.4) is 0 Å². The summed E-state index contributed by atoms with van der Waals surface area (Å²) >= 11 is 5.85. The summed E-state index contributed by atoms with van der Waals surface area (Å²) in [5, 5.41) is 23.7. The van der Waals surface area contributed by atoms with Crippen molar-refractivity contribution in [1.29, 1.82) is 0 Å². The fraction of sp³-hybridized carbons (Fsp3) is 0.375. The third kappa shape index (κ3) is 3.55. The number of hydrogen-bond donors (Lipinski definition) is 3. The minimum absolute atomic E-state index is 0.216. The molecule has 0 saturated heterocycles. The molecule has 3 rings (SSSR count). The molecule has 1 fully saturated rings. The van der Waals surface area contributed by atoms with Crippen molar-refractivity contribution in [2.75, 3.05) is 11.9 Å². The summed E-state index contributed by atoms with van der Waals surface area (Å²) < 4.78 is 0. The number of halogens is 1. The van der Waals surface area contributed by atoms with Gasteiger partial charge in [-0.1, -0.05) is 23.7 Å². The molecule has 1 heterocycles. The average molecular weight is 320 g/mol. The lowest BCUT2D eigenvalue weighted by atomic mass is 10.0. The lowest BCUT2D eigenvalue weighted by Crippen LogP contribution is -2.31. The number of rotatable bonds is 6. The monoisotopic (exact) mass is 319 g/mol. The van der Waals surface area contributed by atoms with E-state index in [9.17, 15) is 10.2 Å². The lowest BCUT2D eigenvalue weighted by Gasteiger charge is -2.23. The van der Waals surface area contributed by atoms with Gasteiger partial charge in [0.1, 0.15) is 17.7 Å². The SMILES string of the molecule is OC[C@H](Nc1ccnc(C2CC2)n1)[C@H](O)c1ccc(Cl)cc1. The number of aliphatic hydroxyl groups excluding tert-OH is 2. The number of anilines is 1. The molecular formula is C16H18ClN3O2. The molecule has 6 heteroatoms. The van der Waals surface area contributed by atoms with Gasteiger partial charge in [0.15, 0.2) is 0 Å². The highest BCUT2D eigenvalue weighted by Crippen LogP contribution is 2.38. The van der Waals surface area contributed by atoms with Crippen LogP contribution in [-0.4, -0.2) is 32.8 Å². The maximum atomic E-state index is 10.4. The Kier molecular flexibility index (Phi) is 4.57. The van der Waals surface area contributed by atoms with Gasteiger partial charge < -0.3 is 15.5 Å². The topological polar surface area (TPSA) is 78.3 Å². The summed E-state index contributed by atoms with van der Waals surface area (Å²) in [6.07, 6.45) is 3.09. The predicted octanol–water partition coefficient (Wildman–Crippen LogP) is 2.51. The molecule has 0 radical (unpaired) electrons. The molecule has 0 unspecified atom stereocenters. The van der Waals surface area contributed by atoms with Crippen molar-refractivity contribution in [3.05, 3.63) is 52.9 Å². The van der Waals surface area contributed by atoms with Crippen molar-refractivity contribution < 1.29 is 10.2 Å². The molecule has 1 aliphatic carbocycles. The van der Waals surface area contributed by atoms with Crippen molar-refractivity contribution in [2.45, 2.75) is 30.9 Å². The first kappa shape index (κ1) is 15.2. The van der Waals surface area contributed by atoms with E-state index in [0.717, 1.165) is 18.7 Å². The normalized spacial score (nSPS) is 17.0. The van der Waals surface area contributed by atoms with E-state index in [4.69, 9.17) is 11.6 Å². The van der Waals surface area contributed by atoms with Crippen LogP contribution in [0.4, 0.5) is 5.82 Å². The van der Waals surface area contributed by atoms with Gasteiger partial charge in [-0.05, 0) is 36.6 Å². The molecule has 2 aromatic rings. The minimum atomic E-state index is -0.860. The first-order chi connectivity index (χ1) is 10.7. The third-order valence-corrected chi connectivity index (χ3v) is 3.99. The van der Waals surface area contributed by atoms with Gasteiger partial charge in [0.2, 0.25) is 0 Å². The van der Waals surface area contributed by atoms with Crippen LogP contribution in [0.15, 0.2) is 36.5 Å². The van der Waals surface area contributed by atoms with Crippen LogP contribution in [0.5, 0.6) is 0 Å². The van der Waals surface area contributed by atoms with Gasteiger partial charge in [-0.25, -0.2) is 9.97 Å². The van der Waals surface area contributed by atoms with Crippen LogP contribution in [-0.2, 0) is 0 Å². The Labute approximate surface area is 134 Å². The number of nitrogens with zero attached hydrogens (tertiary/aromatic N) is 2. The molecule has 0 spiro atoms. The van der Waals surface area contributed by atoms with Crippen molar-refractivity contribution in [1.82, 2.24) is 9.97 Å². The van der Waals surface area contributed by atoms with E-state index in [1.165, 1.54) is 0 Å². The predicted molar refractivity (Wildman–Crippen MR) is 84.9 cm³/mol. The first-order valence-electron chi connectivity index (χ1n) is 7.31. The molecule has 1 aliphatic rings. The highest BCUT2D eigenvalue weighted by atomic mass is 35.5. The Morgan fingerprint density at radius 1 is 1.23 bits per heavy atom. The van der Waals surface area contributed by atoms with E-state index in [2.05, 4.69) is 15.3 Å². The summed E-state index contributed by atoms with van der Waals surface area (Å²) in [5.41, 5.74) is 0.687. The molecule has 1 aromatic heterocycles. The van der Waals surface area contributed by atoms with Crippen LogP contribution >= 0.6 is 11.6 Å². The van der Waals surface area contributed by atoms with Crippen molar-refractivity contribution in [3.63, 3.8) is 0 Å². The van der Waals surface area contributed by atoms with Crippen molar-refractivity contribution >= 4 is 17.4 Å². The van der Waals surface area contributed by atoms with E-state index in [-0.39, 0.29) is 6.61 Å². The summed E-state index contributed by atoms with van der Waals surface area (Å²) in [5.74, 6) is 1.89. The molecule has 1 saturated carbocycles. The van der Waals surface area contributed by atoms with Gasteiger partial charge in [-0.3, -0.25) is 0 Å². The number of nitrogens with one attached hydrogen (secondary N) is 1. The standard InChI is InChI=1S/C16H18ClN3O2/c17-12-5-3-10(4-6-12)15(22)13(9-21)19-14-7-8-18-16(20-14)11-1-2-11/h3-8,11,13,15,21-22H,1-2,9H2,(H,18,19,20)/t13-,15+/m0/s1. The number of benzene rings is 1. The molecule has 0 amide bonds. The van der Waals surface area contributed by atoms with Crippen LogP contribution in [0.25, 0.3) is 0 Å². The van der Waals surface area contributed by atoms with Crippen molar-refractivity contribution in [2.24, 2.45) is 0 Å². The van der Waals surface area contributed by atoms with E-state index < -0.39 is 12.1 Å². The summed E-state index contributed by atoms with van der Waals surface area (Å²) in [4.78, 5) is 8.70. The second-order valence-corrected chi connectivity index (χ2v) is 5.94. The fourth-order valence-corrected chi connectivity index (χ4v) is 2.43. The zero-order valence-electron chi connectivity index (χ0n) is 12.0. The third-order valence-electron chi connectivity index (χ3n) is 3.74. The molecular weight excluding hydrogens is 302 g/mol. The second-order valence-electron chi connectivity index (χ2n) is 5.50. The zero-order valence-corrected chi connectivity index (χ0v) is 12.7. The fourth-order valence-electron chi connectivity index (χ4n) is 2.30. The van der Waals surface area contributed by atoms with Gasteiger partial charge in [-0.15, -0.1) is 0 Å². The molecule has 0 bridgehead atoms. The zero-order chi connectivity index (χ0) is 15.5. The van der Waals surface area contributed by atoms with Crippen LogP contribution in [0, 0.1) is 0 Å². The van der Waals surface area contributed by atoms with Gasteiger partial charge in [0.05, 0.1) is 12.6 Å². The molecule has 22 heavy (non-hydrogen) atoms. The number of aromatic nitrogens is 2. The summed E-state index contributed by atoms with van der Waals surface area (Å²) in [7, 11) is 0. The second kappa shape index (κ2) is 6.60. The van der Waals surface area contributed by atoms with E-state index in [1.807, 2.05) is 0 Å².